The Morgan fingerprint density at radius 1 is 0.755 bits per heavy atom. The number of fused-ring (bicyclic) bond motifs is 2. The minimum atomic E-state index is -4.06. The zero-order valence-corrected chi connectivity index (χ0v) is 30.1. The Hall–Kier alpha value is -4.09. The summed E-state index contributed by atoms with van der Waals surface area (Å²) < 4.78 is 66.7. The van der Waals surface area contributed by atoms with Crippen LogP contribution in [0.25, 0.3) is 5.57 Å². The largest absolute Gasteiger partial charge is 0.344 e. The summed E-state index contributed by atoms with van der Waals surface area (Å²) >= 11 is 0. The Morgan fingerprint density at radius 3 is 2.06 bits per heavy atom. The summed E-state index contributed by atoms with van der Waals surface area (Å²) in [7, 11) is -8.13. The molecule has 5 rings (SSSR count). The van der Waals surface area contributed by atoms with Crippen LogP contribution in [-0.4, -0.2) is 60.8 Å². The van der Waals surface area contributed by atoms with E-state index in [0.717, 1.165) is 45.0 Å². The third-order valence-corrected chi connectivity index (χ3v) is 10.9. The molecule has 3 aromatic carbocycles. The quantitative estimate of drug-likeness (QED) is 0.108. The van der Waals surface area contributed by atoms with Crippen LogP contribution in [0.5, 0.6) is 0 Å². The predicted molar refractivity (Wildman–Crippen MR) is 199 cm³/mol. The first-order valence-electron chi connectivity index (χ1n) is 16.4. The van der Waals surface area contributed by atoms with Crippen molar-refractivity contribution >= 4 is 42.9 Å². The SMILES string of the molecule is CC1(C)C(=CC=CC(=CC=CC2=[N+](CCCS(=O)(=O)O)c3ccccc3C2(C)C)c2ccccc2)N(CCCS(=O)(=O)O)c2ccccc21. The third-order valence-electron chi connectivity index (χ3n) is 9.33. The van der Waals surface area contributed by atoms with Gasteiger partial charge >= 0.3 is 0 Å². The molecule has 0 fully saturated rings. The van der Waals surface area contributed by atoms with Crippen molar-refractivity contribution in [3.8, 4) is 0 Å². The number of rotatable bonds is 13. The Morgan fingerprint density at radius 2 is 1.37 bits per heavy atom. The molecule has 2 heterocycles. The first kappa shape index (κ1) is 36.2. The molecule has 258 valence electrons. The molecule has 0 aliphatic carbocycles. The molecular formula is C39H45N2O6S2+. The van der Waals surface area contributed by atoms with Crippen LogP contribution in [0.3, 0.4) is 0 Å². The molecule has 2 aliphatic heterocycles. The maximum atomic E-state index is 11.5. The average molecular weight is 702 g/mol. The molecule has 10 heteroatoms. The molecule has 0 unspecified atom stereocenters. The molecule has 8 nitrogen and oxygen atoms in total. The van der Waals surface area contributed by atoms with Crippen molar-refractivity contribution < 1.29 is 30.5 Å². The fourth-order valence-electron chi connectivity index (χ4n) is 6.94. The van der Waals surface area contributed by atoms with Crippen molar-refractivity contribution in [3.05, 3.63) is 138 Å². The van der Waals surface area contributed by atoms with Gasteiger partial charge in [-0.15, -0.1) is 0 Å². The van der Waals surface area contributed by atoms with Gasteiger partial charge in [0.1, 0.15) is 6.54 Å². The van der Waals surface area contributed by atoms with Crippen LogP contribution in [0.1, 0.15) is 57.2 Å². The maximum Gasteiger partial charge on any atom is 0.265 e. The normalized spacial score (nSPS) is 18.2. The lowest BCUT2D eigenvalue weighted by Gasteiger charge is -2.27. The smallest absolute Gasteiger partial charge is 0.265 e. The molecule has 0 radical (unpaired) electrons. The van der Waals surface area contributed by atoms with Crippen LogP contribution in [0.15, 0.2) is 121 Å². The summed E-state index contributed by atoms with van der Waals surface area (Å²) in [6.45, 7) is 9.52. The number of nitrogens with zero attached hydrogens (tertiary/aromatic N) is 2. The van der Waals surface area contributed by atoms with E-state index in [9.17, 15) is 25.9 Å². The van der Waals surface area contributed by atoms with Gasteiger partial charge in [-0.2, -0.15) is 21.4 Å². The summed E-state index contributed by atoms with van der Waals surface area (Å²) in [6.07, 6.45) is 12.9. The van der Waals surface area contributed by atoms with Crippen LogP contribution in [0.4, 0.5) is 11.4 Å². The van der Waals surface area contributed by atoms with E-state index in [1.807, 2.05) is 66.7 Å². The number of para-hydroxylation sites is 2. The van der Waals surface area contributed by atoms with Crippen molar-refractivity contribution in [2.75, 3.05) is 29.5 Å². The molecule has 0 spiro atoms. The lowest BCUT2D eigenvalue weighted by molar-refractivity contribution is -0.437. The van der Waals surface area contributed by atoms with Crippen molar-refractivity contribution in [3.63, 3.8) is 0 Å². The van der Waals surface area contributed by atoms with Gasteiger partial charge in [0.15, 0.2) is 5.71 Å². The zero-order chi connectivity index (χ0) is 35.5. The third kappa shape index (κ3) is 8.38. The van der Waals surface area contributed by atoms with Gasteiger partial charge in [-0.05, 0) is 49.1 Å². The zero-order valence-electron chi connectivity index (χ0n) is 28.5. The van der Waals surface area contributed by atoms with Gasteiger partial charge in [0, 0.05) is 47.5 Å². The number of allylic oxidation sites excluding steroid dienone is 8. The lowest BCUT2D eigenvalue weighted by Crippen LogP contribution is -2.28. The first-order valence-corrected chi connectivity index (χ1v) is 19.7. The van der Waals surface area contributed by atoms with E-state index < -0.39 is 20.2 Å². The van der Waals surface area contributed by atoms with E-state index in [1.54, 1.807) is 0 Å². The first-order chi connectivity index (χ1) is 23.1. The summed E-state index contributed by atoms with van der Waals surface area (Å²) in [5, 5.41) is 0. The topological polar surface area (TPSA) is 115 Å². The van der Waals surface area contributed by atoms with Crippen LogP contribution in [0.2, 0.25) is 0 Å². The molecule has 49 heavy (non-hydrogen) atoms. The molecule has 0 atom stereocenters. The van der Waals surface area contributed by atoms with E-state index in [-0.39, 0.29) is 35.2 Å². The van der Waals surface area contributed by atoms with E-state index in [1.165, 1.54) is 0 Å². The summed E-state index contributed by atoms with van der Waals surface area (Å²) in [5.41, 5.74) is 7.79. The van der Waals surface area contributed by atoms with E-state index in [4.69, 9.17) is 0 Å². The Bertz CT molecular complexity index is 2070. The van der Waals surface area contributed by atoms with Crippen molar-refractivity contribution in [1.82, 2.24) is 0 Å². The fourth-order valence-corrected chi connectivity index (χ4v) is 7.93. The van der Waals surface area contributed by atoms with Crippen molar-refractivity contribution in [1.29, 1.82) is 0 Å². The van der Waals surface area contributed by atoms with Crippen molar-refractivity contribution in [2.24, 2.45) is 0 Å². The lowest BCUT2D eigenvalue weighted by atomic mass is 9.81. The van der Waals surface area contributed by atoms with Crippen LogP contribution in [0, 0.1) is 0 Å². The molecule has 0 saturated carbocycles. The predicted octanol–water partition coefficient (Wildman–Crippen LogP) is 7.50. The monoisotopic (exact) mass is 701 g/mol. The standard InChI is InChI=1S/C39H44N2O6S2/c1-38(2)32-20-8-10-22-34(32)40(26-14-28-48(42,43)44)36(38)24-12-18-31(30-16-6-5-7-17-30)19-13-25-37-39(3,4)33-21-9-11-23-35(33)41(37)27-15-29-49(45,46)47/h5-13,16-25H,14-15,26-29H2,1-4H3,(H-,42,43,44,45,46,47)/p+1. The van der Waals surface area contributed by atoms with Crippen molar-refractivity contribution in [2.45, 2.75) is 51.4 Å². The van der Waals surface area contributed by atoms with Gasteiger partial charge in [0.05, 0.1) is 16.9 Å². The van der Waals surface area contributed by atoms with E-state index in [2.05, 4.69) is 85.7 Å². The number of anilines is 1. The molecule has 2 aliphatic rings. The number of hydrogen-bond donors (Lipinski definition) is 2. The Balaban J connectivity index is 1.49. The minimum Gasteiger partial charge on any atom is -0.344 e. The molecule has 3 aromatic rings. The second-order valence-corrected chi connectivity index (χ2v) is 16.7. The van der Waals surface area contributed by atoms with Gasteiger partial charge in [0.2, 0.25) is 5.69 Å². The highest BCUT2D eigenvalue weighted by Crippen LogP contribution is 2.47. The molecular weight excluding hydrogens is 657 g/mol. The van der Waals surface area contributed by atoms with Crippen LogP contribution < -0.4 is 4.90 Å². The Kier molecular flexibility index (Phi) is 10.6. The highest BCUT2D eigenvalue weighted by Gasteiger charge is 2.44. The fraction of sp³-hybridized carbons (Fsp3) is 0.308. The number of benzene rings is 3. The molecule has 0 amide bonds. The van der Waals surface area contributed by atoms with E-state index in [0.29, 0.717) is 13.1 Å². The average Bonchev–Trinajstić information content (AvgIpc) is 3.38. The summed E-state index contributed by atoms with van der Waals surface area (Å²) in [6, 6.07) is 26.3. The Labute approximate surface area is 291 Å². The van der Waals surface area contributed by atoms with Crippen LogP contribution >= 0.6 is 0 Å². The summed E-state index contributed by atoms with van der Waals surface area (Å²) in [5.74, 6) is -0.609. The minimum absolute atomic E-state index is 0.288. The van der Waals surface area contributed by atoms with Gasteiger partial charge in [-0.1, -0.05) is 105 Å². The highest BCUT2D eigenvalue weighted by atomic mass is 32.2. The van der Waals surface area contributed by atoms with Gasteiger partial charge in [0.25, 0.3) is 20.2 Å². The number of hydrogen-bond acceptors (Lipinski definition) is 5. The van der Waals surface area contributed by atoms with Gasteiger partial charge in [-0.3, -0.25) is 9.11 Å². The second-order valence-electron chi connectivity index (χ2n) is 13.5. The van der Waals surface area contributed by atoms with E-state index >= 15 is 0 Å². The van der Waals surface area contributed by atoms with Crippen LogP contribution in [-0.2, 0) is 31.1 Å². The molecule has 0 saturated heterocycles. The highest BCUT2D eigenvalue weighted by molar-refractivity contribution is 7.86. The molecule has 2 N–H and O–H groups in total. The van der Waals surface area contributed by atoms with Gasteiger partial charge in [-0.25, -0.2) is 0 Å². The second kappa shape index (κ2) is 14.4. The van der Waals surface area contributed by atoms with Gasteiger partial charge < -0.3 is 4.90 Å². The molecule has 0 aromatic heterocycles. The maximum absolute atomic E-state index is 11.5. The summed E-state index contributed by atoms with van der Waals surface area (Å²) in [4.78, 5) is 2.14. The molecule has 0 bridgehead atoms.